The Bertz CT molecular complexity index is 483. The molecule has 1 atom stereocenters. The molecule has 0 bridgehead atoms. The summed E-state index contributed by atoms with van der Waals surface area (Å²) >= 11 is 0. The molecule has 0 radical (unpaired) electrons. The van der Waals surface area contributed by atoms with E-state index in [1.807, 2.05) is 20.8 Å². The van der Waals surface area contributed by atoms with Crippen molar-refractivity contribution in [2.75, 3.05) is 25.6 Å². The lowest BCUT2D eigenvalue weighted by atomic mass is 9.87. The lowest BCUT2D eigenvalue weighted by Gasteiger charge is -2.26. The molecule has 21 heavy (non-hydrogen) atoms. The van der Waals surface area contributed by atoms with Crippen molar-refractivity contribution in [2.24, 2.45) is 11.1 Å². The van der Waals surface area contributed by atoms with Gasteiger partial charge in [-0.3, -0.25) is 4.79 Å². The molecule has 0 aliphatic carbocycles. The predicted octanol–water partition coefficient (Wildman–Crippen LogP) is 1.38. The second kappa shape index (κ2) is 7.28. The van der Waals surface area contributed by atoms with Crippen LogP contribution in [0.15, 0.2) is 18.2 Å². The van der Waals surface area contributed by atoms with Crippen molar-refractivity contribution in [1.29, 1.82) is 0 Å². The van der Waals surface area contributed by atoms with Gasteiger partial charge in [-0.1, -0.05) is 20.8 Å². The third-order valence-corrected chi connectivity index (χ3v) is 3.00. The van der Waals surface area contributed by atoms with Crippen molar-refractivity contribution in [2.45, 2.75) is 26.8 Å². The van der Waals surface area contributed by atoms with E-state index in [9.17, 15) is 4.79 Å². The van der Waals surface area contributed by atoms with E-state index in [4.69, 9.17) is 20.3 Å². The zero-order chi connectivity index (χ0) is 16.0. The number of methoxy groups -OCH3 is 1. The Labute approximate surface area is 125 Å². The van der Waals surface area contributed by atoms with Crippen LogP contribution in [0, 0.1) is 5.41 Å². The summed E-state index contributed by atoms with van der Waals surface area (Å²) < 4.78 is 10.5. The molecule has 0 saturated carbocycles. The van der Waals surface area contributed by atoms with Gasteiger partial charge in [-0.25, -0.2) is 0 Å². The summed E-state index contributed by atoms with van der Waals surface area (Å²) in [6, 6.07) is 4.41. The molecule has 0 spiro atoms. The standard InChI is InChI=1S/C15H24N2O4/c1-15(2,3)13(16)14(19)17-10-5-6-11(20-4)12(9-10)21-8-7-18/h5-6,9,13,18H,7-8,16H2,1-4H3,(H,17,19)/t13-/m0/s1. The highest BCUT2D eigenvalue weighted by molar-refractivity contribution is 5.95. The number of rotatable bonds is 6. The fourth-order valence-corrected chi connectivity index (χ4v) is 1.64. The molecule has 0 heterocycles. The first-order valence-electron chi connectivity index (χ1n) is 6.77. The number of aliphatic hydroxyl groups excluding tert-OH is 1. The second-order valence-electron chi connectivity index (χ2n) is 5.77. The topological polar surface area (TPSA) is 93.8 Å². The summed E-state index contributed by atoms with van der Waals surface area (Å²) in [5.74, 6) is 0.719. The number of nitrogens with one attached hydrogen (secondary N) is 1. The average molecular weight is 296 g/mol. The van der Waals surface area contributed by atoms with Gasteiger partial charge in [-0.2, -0.15) is 0 Å². The van der Waals surface area contributed by atoms with Gasteiger partial charge in [0, 0.05) is 11.8 Å². The molecule has 4 N–H and O–H groups in total. The first kappa shape index (κ1) is 17.3. The SMILES string of the molecule is COc1ccc(NC(=O)[C@H](N)C(C)(C)C)cc1OCCO. The smallest absolute Gasteiger partial charge is 0.241 e. The van der Waals surface area contributed by atoms with Crippen LogP contribution in [0.2, 0.25) is 0 Å². The molecular weight excluding hydrogens is 272 g/mol. The molecule has 0 aromatic heterocycles. The maximum absolute atomic E-state index is 12.1. The molecule has 1 aromatic rings. The highest BCUT2D eigenvalue weighted by Crippen LogP contribution is 2.30. The largest absolute Gasteiger partial charge is 0.493 e. The second-order valence-corrected chi connectivity index (χ2v) is 5.77. The van der Waals surface area contributed by atoms with Crippen LogP contribution in [0.25, 0.3) is 0 Å². The summed E-state index contributed by atoms with van der Waals surface area (Å²) in [6.45, 7) is 5.76. The van der Waals surface area contributed by atoms with Crippen LogP contribution in [-0.4, -0.2) is 37.4 Å². The fourth-order valence-electron chi connectivity index (χ4n) is 1.64. The van der Waals surface area contributed by atoms with Crippen LogP contribution in [0.3, 0.4) is 0 Å². The van der Waals surface area contributed by atoms with Crippen LogP contribution in [-0.2, 0) is 4.79 Å². The van der Waals surface area contributed by atoms with Gasteiger partial charge in [0.25, 0.3) is 0 Å². The first-order chi connectivity index (χ1) is 9.79. The van der Waals surface area contributed by atoms with Gasteiger partial charge in [0.1, 0.15) is 6.61 Å². The molecular formula is C15H24N2O4. The molecule has 0 aliphatic rings. The number of benzene rings is 1. The fraction of sp³-hybridized carbons (Fsp3) is 0.533. The molecule has 1 rings (SSSR count). The Kier molecular flexibility index (Phi) is 5.99. The van der Waals surface area contributed by atoms with E-state index >= 15 is 0 Å². The van der Waals surface area contributed by atoms with Gasteiger partial charge in [-0.15, -0.1) is 0 Å². The zero-order valence-electron chi connectivity index (χ0n) is 13.0. The monoisotopic (exact) mass is 296 g/mol. The Morgan fingerprint density at radius 3 is 2.57 bits per heavy atom. The van der Waals surface area contributed by atoms with Crippen LogP contribution in [0.1, 0.15) is 20.8 Å². The van der Waals surface area contributed by atoms with E-state index in [0.29, 0.717) is 17.2 Å². The highest BCUT2D eigenvalue weighted by atomic mass is 16.5. The maximum atomic E-state index is 12.1. The summed E-state index contributed by atoms with van der Waals surface area (Å²) in [5, 5.41) is 11.6. The lowest BCUT2D eigenvalue weighted by molar-refractivity contribution is -0.119. The van der Waals surface area contributed by atoms with Crippen molar-refractivity contribution in [3.63, 3.8) is 0 Å². The van der Waals surface area contributed by atoms with E-state index in [1.54, 1.807) is 18.2 Å². The Morgan fingerprint density at radius 1 is 1.38 bits per heavy atom. The molecule has 0 saturated heterocycles. The number of carbonyl (C=O) groups excluding carboxylic acids is 1. The van der Waals surface area contributed by atoms with E-state index in [2.05, 4.69) is 5.32 Å². The van der Waals surface area contributed by atoms with Gasteiger partial charge in [0.2, 0.25) is 5.91 Å². The molecule has 6 nitrogen and oxygen atoms in total. The number of hydrogen-bond acceptors (Lipinski definition) is 5. The predicted molar refractivity (Wildman–Crippen MR) is 81.6 cm³/mol. The number of ether oxygens (including phenoxy) is 2. The highest BCUT2D eigenvalue weighted by Gasteiger charge is 2.27. The van der Waals surface area contributed by atoms with Crippen molar-refractivity contribution in [1.82, 2.24) is 0 Å². The minimum Gasteiger partial charge on any atom is -0.493 e. The van der Waals surface area contributed by atoms with Crippen LogP contribution in [0.5, 0.6) is 11.5 Å². The number of amides is 1. The third-order valence-electron chi connectivity index (χ3n) is 3.00. The van der Waals surface area contributed by atoms with E-state index in [1.165, 1.54) is 7.11 Å². The summed E-state index contributed by atoms with van der Waals surface area (Å²) in [4.78, 5) is 12.1. The number of aliphatic hydroxyl groups is 1. The number of anilines is 1. The van der Waals surface area contributed by atoms with Crippen molar-refractivity contribution >= 4 is 11.6 Å². The Balaban J connectivity index is 2.86. The number of carbonyl (C=O) groups is 1. The van der Waals surface area contributed by atoms with Crippen molar-refractivity contribution < 1.29 is 19.4 Å². The molecule has 118 valence electrons. The average Bonchev–Trinajstić information content (AvgIpc) is 2.43. The van der Waals surface area contributed by atoms with Gasteiger partial charge < -0.3 is 25.6 Å². The van der Waals surface area contributed by atoms with Gasteiger partial charge in [0.05, 0.1) is 19.8 Å². The van der Waals surface area contributed by atoms with Crippen LogP contribution < -0.4 is 20.5 Å². The summed E-state index contributed by atoms with van der Waals surface area (Å²) in [5.41, 5.74) is 6.15. The zero-order valence-corrected chi connectivity index (χ0v) is 13.0. The maximum Gasteiger partial charge on any atom is 0.241 e. The first-order valence-corrected chi connectivity index (χ1v) is 6.77. The summed E-state index contributed by atoms with van der Waals surface area (Å²) in [7, 11) is 1.52. The molecule has 0 aliphatic heterocycles. The van der Waals surface area contributed by atoms with Crippen LogP contribution >= 0.6 is 0 Å². The van der Waals surface area contributed by atoms with Gasteiger partial charge >= 0.3 is 0 Å². The minimum absolute atomic E-state index is 0.103. The Morgan fingerprint density at radius 2 is 2.05 bits per heavy atom. The van der Waals surface area contributed by atoms with E-state index in [-0.39, 0.29) is 24.5 Å². The third kappa shape index (κ3) is 4.91. The van der Waals surface area contributed by atoms with Crippen molar-refractivity contribution in [3.8, 4) is 11.5 Å². The van der Waals surface area contributed by atoms with Crippen molar-refractivity contribution in [3.05, 3.63) is 18.2 Å². The quantitative estimate of drug-likeness (QED) is 0.737. The van der Waals surface area contributed by atoms with Gasteiger partial charge in [0.15, 0.2) is 11.5 Å². The number of hydrogen-bond donors (Lipinski definition) is 3. The molecule has 0 unspecified atom stereocenters. The lowest BCUT2D eigenvalue weighted by Crippen LogP contribution is -2.45. The van der Waals surface area contributed by atoms with Gasteiger partial charge in [-0.05, 0) is 17.5 Å². The minimum atomic E-state index is -0.624. The molecule has 1 aromatic carbocycles. The van der Waals surface area contributed by atoms with Crippen LogP contribution in [0.4, 0.5) is 5.69 Å². The molecule has 6 heteroatoms. The normalized spacial score (nSPS) is 12.7. The van der Waals surface area contributed by atoms with E-state index < -0.39 is 6.04 Å². The Hall–Kier alpha value is -1.79. The number of nitrogens with two attached hydrogens (primary N) is 1. The van der Waals surface area contributed by atoms with E-state index in [0.717, 1.165) is 0 Å². The summed E-state index contributed by atoms with van der Waals surface area (Å²) in [6.07, 6.45) is 0. The molecule has 0 fully saturated rings. The molecule has 1 amide bonds.